The first-order valence-corrected chi connectivity index (χ1v) is 6.36. The molecule has 1 aliphatic rings. The molecule has 0 aliphatic carbocycles. The van der Waals surface area contributed by atoms with E-state index in [0.29, 0.717) is 0 Å². The average molecular weight is 267 g/mol. The van der Waals surface area contributed by atoms with E-state index in [1.165, 1.54) is 12.1 Å². The van der Waals surface area contributed by atoms with Crippen LogP contribution in [0.25, 0.3) is 0 Å². The molecule has 0 N–H and O–H groups in total. The third-order valence-corrected chi connectivity index (χ3v) is 3.45. The fourth-order valence-corrected chi connectivity index (χ4v) is 2.82. The second kappa shape index (κ2) is 4.56. The van der Waals surface area contributed by atoms with E-state index in [2.05, 4.69) is 46.8 Å². The summed E-state index contributed by atoms with van der Waals surface area (Å²) >= 11 is 3.51. The Morgan fingerprint density at radius 1 is 1.33 bits per heavy atom. The van der Waals surface area contributed by atoms with E-state index in [-0.39, 0.29) is 0 Å². The summed E-state index contributed by atoms with van der Waals surface area (Å²) in [4.78, 5) is 2.45. The summed E-state index contributed by atoms with van der Waals surface area (Å²) in [6.07, 6.45) is 1.35. The lowest BCUT2D eigenvalue weighted by Crippen LogP contribution is -2.38. The zero-order valence-electron chi connectivity index (χ0n) is 9.33. The minimum Gasteiger partial charge on any atom is -0.370 e. The van der Waals surface area contributed by atoms with Gasteiger partial charge in [-0.3, -0.25) is 0 Å². The van der Waals surface area contributed by atoms with Crippen LogP contribution in [-0.2, 0) is 0 Å². The Hall–Kier alpha value is -0.500. The van der Waals surface area contributed by atoms with E-state index in [0.717, 1.165) is 29.4 Å². The van der Waals surface area contributed by atoms with Crippen molar-refractivity contribution in [2.75, 3.05) is 18.0 Å². The smallest absolute Gasteiger partial charge is 0.0458 e. The highest BCUT2D eigenvalue weighted by Crippen LogP contribution is 2.27. The molecule has 1 fully saturated rings. The fourth-order valence-electron chi connectivity index (χ4n) is 2.47. The van der Waals surface area contributed by atoms with Gasteiger partial charge in [-0.2, -0.15) is 0 Å². The Labute approximate surface area is 101 Å². The van der Waals surface area contributed by atoms with Crippen molar-refractivity contribution in [2.24, 2.45) is 11.8 Å². The molecule has 2 atom stereocenters. The summed E-state index contributed by atoms with van der Waals surface area (Å²) in [6.45, 7) is 7.00. The van der Waals surface area contributed by atoms with Gasteiger partial charge in [-0.25, -0.2) is 0 Å². The Morgan fingerprint density at radius 3 is 2.60 bits per heavy atom. The topological polar surface area (TPSA) is 3.24 Å². The van der Waals surface area contributed by atoms with Gasteiger partial charge in [0.15, 0.2) is 0 Å². The highest BCUT2D eigenvalue weighted by Gasteiger charge is 2.21. The Balaban J connectivity index is 2.16. The maximum Gasteiger partial charge on any atom is 0.0458 e. The van der Waals surface area contributed by atoms with Gasteiger partial charge in [0.25, 0.3) is 0 Å². The van der Waals surface area contributed by atoms with Crippen molar-refractivity contribution in [1.29, 1.82) is 0 Å². The summed E-state index contributed by atoms with van der Waals surface area (Å²) < 4.78 is 1.14. The zero-order valence-corrected chi connectivity index (χ0v) is 10.9. The Kier molecular flexibility index (Phi) is 3.35. The summed E-state index contributed by atoms with van der Waals surface area (Å²) in [7, 11) is 0. The predicted octanol–water partition coefficient (Wildman–Crippen LogP) is 3.73. The van der Waals surface area contributed by atoms with Crippen molar-refractivity contribution in [3.8, 4) is 0 Å². The molecule has 0 bridgehead atoms. The van der Waals surface area contributed by atoms with E-state index in [1.807, 2.05) is 12.1 Å². The lowest BCUT2D eigenvalue weighted by molar-refractivity contribution is 0.357. The maximum absolute atomic E-state index is 3.51. The Morgan fingerprint density at radius 2 is 2.00 bits per heavy atom. The largest absolute Gasteiger partial charge is 0.370 e. The van der Waals surface area contributed by atoms with Crippen LogP contribution in [0.4, 0.5) is 5.69 Å². The van der Waals surface area contributed by atoms with E-state index >= 15 is 0 Å². The second-order valence-electron chi connectivity index (χ2n) is 4.74. The first kappa shape index (κ1) is 11.0. The van der Waals surface area contributed by atoms with Crippen molar-refractivity contribution in [2.45, 2.75) is 20.3 Å². The van der Waals surface area contributed by atoms with Crippen molar-refractivity contribution >= 4 is 21.6 Å². The molecule has 15 heavy (non-hydrogen) atoms. The molecular weight excluding hydrogens is 250 g/mol. The predicted molar refractivity (Wildman–Crippen MR) is 68.1 cm³/mol. The van der Waals surface area contributed by atoms with Crippen LogP contribution in [0.15, 0.2) is 22.7 Å². The first-order valence-electron chi connectivity index (χ1n) is 5.57. The molecule has 2 unspecified atom stereocenters. The number of anilines is 1. The molecule has 0 amide bonds. The second-order valence-corrected chi connectivity index (χ2v) is 5.66. The molecule has 0 aromatic heterocycles. The number of rotatable bonds is 1. The molecule has 1 aromatic carbocycles. The molecule has 0 saturated carbocycles. The number of nitrogens with zero attached hydrogens (tertiary/aromatic N) is 1. The molecule has 1 aromatic rings. The normalized spacial score (nSPS) is 26.7. The SMILES string of the molecule is CC1CC(C)CN(c2[c]ccc(Br)c2)C1. The van der Waals surface area contributed by atoms with Gasteiger partial charge in [0.2, 0.25) is 0 Å². The van der Waals surface area contributed by atoms with Crippen LogP contribution in [0.1, 0.15) is 20.3 Å². The quantitative estimate of drug-likeness (QED) is 0.749. The Bertz CT molecular complexity index is 327. The third kappa shape index (κ3) is 2.75. The lowest BCUT2D eigenvalue weighted by atomic mass is 9.91. The fraction of sp³-hybridized carbons (Fsp3) is 0.538. The van der Waals surface area contributed by atoms with E-state index < -0.39 is 0 Å². The monoisotopic (exact) mass is 266 g/mol. The van der Waals surface area contributed by atoms with Crippen LogP contribution in [-0.4, -0.2) is 13.1 Å². The lowest BCUT2D eigenvalue weighted by Gasteiger charge is -2.36. The van der Waals surface area contributed by atoms with Crippen molar-refractivity contribution in [3.63, 3.8) is 0 Å². The molecule has 81 valence electrons. The van der Waals surface area contributed by atoms with Crippen LogP contribution in [0.2, 0.25) is 0 Å². The van der Waals surface area contributed by atoms with Crippen LogP contribution in [0.3, 0.4) is 0 Å². The van der Waals surface area contributed by atoms with Gasteiger partial charge in [-0.05, 0) is 30.4 Å². The van der Waals surface area contributed by atoms with Crippen molar-refractivity contribution in [3.05, 3.63) is 28.7 Å². The van der Waals surface area contributed by atoms with Gasteiger partial charge in [0.05, 0.1) is 0 Å². The molecule has 1 aliphatic heterocycles. The minimum absolute atomic E-state index is 0.793. The summed E-state index contributed by atoms with van der Waals surface area (Å²) in [6, 6.07) is 9.49. The molecule has 0 spiro atoms. The molecule has 2 rings (SSSR count). The third-order valence-electron chi connectivity index (χ3n) is 2.96. The van der Waals surface area contributed by atoms with E-state index in [1.54, 1.807) is 0 Å². The first-order chi connectivity index (χ1) is 7.15. The zero-order chi connectivity index (χ0) is 10.8. The average Bonchev–Trinajstić information content (AvgIpc) is 2.16. The molecule has 1 saturated heterocycles. The summed E-state index contributed by atoms with van der Waals surface area (Å²) in [5.41, 5.74) is 1.22. The molecule has 1 radical (unpaired) electrons. The maximum atomic E-state index is 3.51. The van der Waals surface area contributed by atoms with Crippen LogP contribution < -0.4 is 4.90 Å². The molecule has 2 heteroatoms. The van der Waals surface area contributed by atoms with Gasteiger partial charge in [-0.15, -0.1) is 0 Å². The number of hydrogen-bond donors (Lipinski definition) is 0. The minimum atomic E-state index is 0.793. The highest BCUT2D eigenvalue weighted by molar-refractivity contribution is 9.10. The van der Waals surface area contributed by atoms with Crippen LogP contribution in [0.5, 0.6) is 0 Å². The van der Waals surface area contributed by atoms with Crippen molar-refractivity contribution < 1.29 is 0 Å². The van der Waals surface area contributed by atoms with Crippen LogP contribution in [0, 0.1) is 17.9 Å². The highest BCUT2D eigenvalue weighted by atomic mass is 79.9. The van der Waals surface area contributed by atoms with Crippen molar-refractivity contribution in [1.82, 2.24) is 0 Å². The molecule has 1 heterocycles. The van der Waals surface area contributed by atoms with Crippen LogP contribution >= 0.6 is 15.9 Å². The van der Waals surface area contributed by atoms with E-state index in [4.69, 9.17) is 0 Å². The summed E-state index contributed by atoms with van der Waals surface area (Å²) in [5.74, 6) is 1.59. The van der Waals surface area contributed by atoms with Gasteiger partial charge in [0.1, 0.15) is 0 Å². The van der Waals surface area contributed by atoms with E-state index in [9.17, 15) is 0 Å². The standard InChI is InChI=1S/C13H17BrN/c1-10-6-11(2)9-15(8-10)13-5-3-4-12(14)7-13/h3-4,7,10-11H,6,8-9H2,1-2H3. The molecule has 1 nitrogen and oxygen atoms in total. The number of benzene rings is 1. The molecular formula is C13H17BrN. The van der Waals surface area contributed by atoms with Gasteiger partial charge in [0, 0.05) is 29.3 Å². The number of halogens is 1. The number of piperidine rings is 1. The van der Waals surface area contributed by atoms with Gasteiger partial charge >= 0.3 is 0 Å². The van der Waals surface area contributed by atoms with Gasteiger partial charge < -0.3 is 4.90 Å². The summed E-state index contributed by atoms with van der Waals surface area (Å²) in [5, 5.41) is 0. The number of hydrogen-bond acceptors (Lipinski definition) is 1. The van der Waals surface area contributed by atoms with Gasteiger partial charge in [-0.1, -0.05) is 35.8 Å².